The number of hydrogen-bond donors (Lipinski definition) is 3. The van der Waals surface area contributed by atoms with E-state index in [9.17, 15) is 4.79 Å². The van der Waals surface area contributed by atoms with Crippen molar-refractivity contribution in [1.29, 1.82) is 0 Å². The summed E-state index contributed by atoms with van der Waals surface area (Å²) in [5, 5.41) is 8.73. The standard InChI is InChI=1S/C15H17N3O2.C2H6.CH5N/c1-20-14-7-13-10(6-11(14)9-19)2-5-17-15(13)18-12-3-4-16-8-12;2*1-2/h2,5-7,9,12,16H,3-4,8H2,1H3,(H,17,18);1-2H3;2H2,1H3. The molecule has 2 heterocycles. The van der Waals surface area contributed by atoms with Crippen molar-refractivity contribution in [2.75, 3.05) is 32.6 Å². The van der Waals surface area contributed by atoms with Gasteiger partial charge >= 0.3 is 0 Å². The number of aldehydes is 1. The fourth-order valence-corrected chi connectivity index (χ4v) is 2.57. The number of hydrogen-bond acceptors (Lipinski definition) is 6. The van der Waals surface area contributed by atoms with Crippen molar-refractivity contribution in [2.24, 2.45) is 5.73 Å². The molecule has 1 aromatic carbocycles. The van der Waals surface area contributed by atoms with E-state index < -0.39 is 0 Å². The number of rotatable bonds is 4. The molecule has 0 aliphatic carbocycles. The lowest BCUT2D eigenvalue weighted by Gasteiger charge is -2.15. The van der Waals surface area contributed by atoms with Gasteiger partial charge < -0.3 is 21.1 Å². The average molecular weight is 332 g/mol. The van der Waals surface area contributed by atoms with Gasteiger partial charge in [-0.1, -0.05) is 13.8 Å². The molecule has 1 aliphatic heterocycles. The molecule has 0 spiro atoms. The van der Waals surface area contributed by atoms with E-state index in [1.54, 1.807) is 13.3 Å². The van der Waals surface area contributed by atoms with Crippen molar-refractivity contribution in [3.05, 3.63) is 30.0 Å². The van der Waals surface area contributed by atoms with Gasteiger partial charge in [0.25, 0.3) is 0 Å². The van der Waals surface area contributed by atoms with Crippen LogP contribution in [-0.2, 0) is 0 Å². The second-order valence-electron chi connectivity index (χ2n) is 4.93. The summed E-state index contributed by atoms with van der Waals surface area (Å²) in [6.07, 6.45) is 3.66. The Kier molecular flexibility index (Phi) is 8.75. The molecule has 1 atom stereocenters. The third kappa shape index (κ3) is 4.66. The molecule has 2 aromatic rings. The van der Waals surface area contributed by atoms with E-state index in [0.717, 1.165) is 42.4 Å². The number of methoxy groups -OCH3 is 1. The molecular weight excluding hydrogens is 304 g/mol. The number of anilines is 1. The Balaban J connectivity index is 0.000000671. The quantitative estimate of drug-likeness (QED) is 0.745. The second kappa shape index (κ2) is 10.6. The average Bonchev–Trinajstić information content (AvgIpc) is 3.17. The van der Waals surface area contributed by atoms with E-state index in [1.165, 1.54) is 7.05 Å². The molecule has 132 valence electrons. The van der Waals surface area contributed by atoms with Gasteiger partial charge in [-0.3, -0.25) is 4.79 Å². The van der Waals surface area contributed by atoms with E-state index in [0.29, 0.717) is 17.4 Å². The monoisotopic (exact) mass is 332 g/mol. The first-order valence-electron chi connectivity index (χ1n) is 8.28. The lowest BCUT2D eigenvalue weighted by Crippen LogP contribution is -2.22. The van der Waals surface area contributed by atoms with Crippen LogP contribution >= 0.6 is 0 Å². The van der Waals surface area contributed by atoms with Crippen LogP contribution in [-0.4, -0.2) is 44.6 Å². The van der Waals surface area contributed by atoms with Gasteiger partial charge in [-0.15, -0.1) is 0 Å². The minimum Gasteiger partial charge on any atom is -0.496 e. The second-order valence-corrected chi connectivity index (χ2v) is 4.93. The Morgan fingerprint density at radius 1 is 1.38 bits per heavy atom. The van der Waals surface area contributed by atoms with Crippen LogP contribution in [0.3, 0.4) is 0 Å². The van der Waals surface area contributed by atoms with Gasteiger partial charge in [0.05, 0.1) is 12.7 Å². The van der Waals surface area contributed by atoms with Gasteiger partial charge in [-0.05, 0) is 43.6 Å². The number of carbonyl (C=O) groups excluding carboxylic acids is 1. The summed E-state index contributed by atoms with van der Waals surface area (Å²) in [6, 6.07) is 6.00. The molecule has 4 N–H and O–H groups in total. The van der Waals surface area contributed by atoms with Crippen molar-refractivity contribution >= 4 is 22.9 Å². The maximum atomic E-state index is 11.1. The molecule has 24 heavy (non-hydrogen) atoms. The predicted molar refractivity (Wildman–Crippen MR) is 100 cm³/mol. The molecule has 1 unspecified atom stereocenters. The highest BCUT2D eigenvalue weighted by molar-refractivity contribution is 5.97. The Morgan fingerprint density at radius 2 is 2.12 bits per heavy atom. The number of fused-ring (bicyclic) bond motifs is 1. The van der Waals surface area contributed by atoms with Crippen LogP contribution in [0.5, 0.6) is 5.75 Å². The highest BCUT2D eigenvalue weighted by atomic mass is 16.5. The van der Waals surface area contributed by atoms with E-state index in [1.807, 2.05) is 32.0 Å². The van der Waals surface area contributed by atoms with Gasteiger partial charge in [-0.2, -0.15) is 0 Å². The molecule has 0 radical (unpaired) electrons. The Morgan fingerprint density at radius 3 is 2.71 bits per heavy atom. The van der Waals surface area contributed by atoms with Gasteiger partial charge in [0.15, 0.2) is 6.29 Å². The number of nitrogens with two attached hydrogens (primary N) is 1. The normalized spacial score (nSPS) is 15.6. The van der Waals surface area contributed by atoms with Crippen LogP contribution in [0.1, 0.15) is 30.6 Å². The molecule has 1 saturated heterocycles. The van der Waals surface area contributed by atoms with E-state index >= 15 is 0 Å². The molecule has 1 aromatic heterocycles. The number of aromatic nitrogens is 1. The zero-order chi connectivity index (χ0) is 17.9. The summed E-state index contributed by atoms with van der Waals surface area (Å²) in [6.45, 7) is 5.97. The summed E-state index contributed by atoms with van der Waals surface area (Å²) >= 11 is 0. The first kappa shape index (κ1) is 19.9. The molecular formula is C18H28N4O2. The molecule has 1 fully saturated rings. The number of nitrogens with one attached hydrogen (secondary N) is 2. The topological polar surface area (TPSA) is 89.3 Å². The molecule has 0 saturated carbocycles. The van der Waals surface area contributed by atoms with Crippen LogP contribution in [0.4, 0.5) is 5.82 Å². The van der Waals surface area contributed by atoms with Gasteiger partial charge in [-0.25, -0.2) is 4.98 Å². The number of carbonyl (C=O) groups is 1. The lowest BCUT2D eigenvalue weighted by molar-refractivity contribution is 0.112. The Bertz CT molecular complexity index is 640. The van der Waals surface area contributed by atoms with Crippen molar-refractivity contribution in [3.8, 4) is 5.75 Å². The predicted octanol–water partition coefficient (Wildman–Crippen LogP) is 2.43. The molecule has 1 aliphatic rings. The molecule has 6 heteroatoms. The first-order chi connectivity index (χ1) is 11.8. The van der Waals surface area contributed by atoms with Crippen LogP contribution in [0.15, 0.2) is 24.4 Å². The summed E-state index contributed by atoms with van der Waals surface area (Å²) in [7, 11) is 3.07. The molecule has 6 nitrogen and oxygen atoms in total. The van der Waals surface area contributed by atoms with Gasteiger partial charge in [0.1, 0.15) is 11.6 Å². The fraction of sp³-hybridized carbons (Fsp3) is 0.444. The number of benzene rings is 1. The zero-order valence-corrected chi connectivity index (χ0v) is 14.9. The SMILES string of the molecule is CC.CN.COc1cc2c(NC3CCNC3)nccc2cc1C=O. The lowest BCUT2D eigenvalue weighted by atomic mass is 10.1. The first-order valence-corrected chi connectivity index (χ1v) is 8.28. The molecule has 3 rings (SSSR count). The maximum Gasteiger partial charge on any atom is 0.153 e. The summed E-state index contributed by atoms with van der Waals surface area (Å²) < 4.78 is 5.27. The van der Waals surface area contributed by atoms with Crippen molar-refractivity contribution in [3.63, 3.8) is 0 Å². The van der Waals surface area contributed by atoms with Crippen molar-refractivity contribution in [2.45, 2.75) is 26.3 Å². The minimum absolute atomic E-state index is 0.393. The van der Waals surface area contributed by atoms with Gasteiger partial charge in [0.2, 0.25) is 0 Å². The van der Waals surface area contributed by atoms with Crippen LogP contribution in [0.2, 0.25) is 0 Å². The summed E-state index contributed by atoms with van der Waals surface area (Å²) in [5.74, 6) is 1.42. The highest BCUT2D eigenvalue weighted by Gasteiger charge is 2.16. The Labute approximate surface area is 143 Å². The number of ether oxygens (including phenoxy) is 1. The third-order valence-corrected chi connectivity index (χ3v) is 3.64. The van der Waals surface area contributed by atoms with Crippen LogP contribution in [0.25, 0.3) is 10.8 Å². The Hall–Kier alpha value is -2.18. The summed E-state index contributed by atoms with van der Waals surface area (Å²) in [4.78, 5) is 15.5. The zero-order valence-electron chi connectivity index (χ0n) is 14.9. The van der Waals surface area contributed by atoms with Crippen LogP contribution < -0.4 is 21.1 Å². The van der Waals surface area contributed by atoms with Crippen molar-refractivity contribution < 1.29 is 9.53 Å². The van der Waals surface area contributed by atoms with E-state index in [2.05, 4.69) is 21.4 Å². The number of nitrogens with zero attached hydrogens (tertiary/aromatic N) is 1. The molecule has 0 amide bonds. The largest absolute Gasteiger partial charge is 0.496 e. The highest BCUT2D eigenvalue weighted by Crippen LogP contribution is 2.29. The fourth-order valence-electron chi connectivity index (χ4n) is 2.57. The minimum atomic E-state index is 0.393. The molecule has 0 bridgehead atoms. The summed E-state index contributed by atoms with van der Waals surface area (Å²) in [5.41, 5.74) is 5.06. The number of pyridine rings is 1. The third-order valence-electron chi connectivity index (χ3n) is 3.64. The smallest absolute Gasteiger partial charge is 0.153 e. The van der Waals surface area contributed by atoms with E-state index in [-0.39, 0.29) is 0 Å². The maximum absolute atomic E-state index is 11.1. The van der Waals surface area contributed by atoms with Crippen molar-refractivity contribution in [1.82, 2.24) is 10.3 Å². The van der Waals surface area contributed by atoms with E-state index in [4.69, 9.17) is 4.74 Å². The van der Waals surface area contributed by atoms with Crippen LogP contribution in [0, 0.1) is 0 Å². The van der Waals surface area contributed by atoms with Gasteiger partial charge in [0, 0.05) is 24.2 Å².